The number of piperazine rings is 1. The Hall–Kier alpha value is -0.120. The first-order valence-corrected chi connectivity index (χ1v) is 8.92. The van der Waals surface area contributed by atoms with Crippen LogP contribution in [0.4, 0.5) is 0 Å². The van der Waals surface area contributed by atoms with Crippen LogP contribution in [0.25, 0.3) is 0 Å². The van der Waals surface area contributed by atoms with Gasteiger partial charge in [-0.1, -0.05) is 19.3 Å². The lowest BCUT2D eigenvalue weighted by atomic mass is 9.82. The lowest BCUT2D eigenvalue weighted by Gasteiger charge is -2.43. The summed E-state index contributed by atoms with van der Waals surface area (Å²) in [6, 6.07) is 1.44. The molecule has 0 radical (unpaired) electrons. The van der Waals surface area contributed by atoms with Crippen LogP contribution in [0.3, 0.4) is 0 Å². The van der Waals surface area contributed by atoms with E-state index in [1.807, 2.05) is 0 Å². The van der Waals surface area contributed by atoms with Gasteiger partial charge in [-0.05, 0) is 44.9 Å². The quantitative estimate of drug-likeness (QED) is 0.857. The van der Waals surface area contributed by atoms with Gasteiger partial charge in [-0.15, -0.1) is 0 Å². The Morgan fingerprint density at radius 1 is 1.10 bits per heavy atom. The zero-order valence-electron chi connectivity index (χ0n) is 13.2. The second kappa shape index (κ2) is 7.24. The second-order valence-electron chi connectivity index (χ2n) is 7.18. The normalized spacial score (nSPS) is 37.4. The van der Waals surface area contributed by atoms with Crippen LogP contribution in [0.15, 0.2) is 0 Å². The molecule has 0 aromatic heterocycles. The van der Waals surface area contributed by atoms with Gasteiger partial charge in [0.25, 0.3) is 0 Å². The highest BCUT2D eigenvalue weighted by Gasteiger charge is 2.31. The van der Waals surface area contributed by atoms with Crippen molar-refractivity contribution < 1.29 is 4.74 Å². The highest BCUT2D eigenvalue weighted by Crippen LogP contribution is 2.28. The summed E-state index contributed by atoms with van der Waals surface area (Å²) < 4.78 is 5.78. The largest absolute Gasteiger partial charge is 0.378 e. The molecule has 3 unspecified atom stereocenters. The Morgan fingerprint density at radius 2 is 1.95 bits per heavy atom. The first-order valence-electron chi connectivity index (χ1n) is 8.92. The van der Waals surface area contributed by atoms with E-state index in [-0.39, 0.29) is 0 Å². The van der Waals surface area contributed by atoms with Gasteiger partial charge >= 0.3 is 0 Å². The van der Waals surface area contributed by atoms with E-state index in [0.717, 1.165) is 18.6 Å². The fourth-order valence-electron chi connectivity index (χ4n) is 4.29. The van der Waals surface area contributed by atoms with Gasteiger partial charge in [-0.2, -0.15) is 0 Å². The molecule has 2 saturated heterocycles. The third kappa shape index (κ3) is 3.75. The average Bonchev–Trinajstić information content (AvgIpc) is 3.01. The van der Waals surface area contributed by atoms with E-state index in [4.69, 9.17) is 4.74 Å². The fourth-order valence-corrected chi connectivity index (χ4v) is 4.29. The van der Waals surface area contributed by atoms with Crippen molar-refractivity contribution in [2.24, 2.45) is 5.92 Å². The Morgan fingerprint density at radius 3 is 2.70 bits per heavy atom. The summed E-state index contributed by atoms with van der Waals surface area (Å²) in [6.45, 7) is 7.04. The Bertz CT molecular complexity index is 285. The van der Waals surface area contributed by atoms with E-state index in [2.05, 4.69) is 17.1 Å². The Kier molecular flexibility index (Phi) is 5.36. The van der Waals surface area contributed by atoms with Crippen molar-refractivity contribution in [1.82, 2.24) is 10.2 Å². The topological polar surface area (TPSA) is 24.5 Å². The Labute approximate surface area is 124 Å². The summed E-state index contributed by atoms with van der Waals surface area (Å²) in [5.41, 5.74) is 0. The van der Waals surface area contributed by atoms with Crippen molar-refractivity contribution in [3.05, 3.63) is 0 Å². The van der Waals surface area contributed by atoms with Crippen LogP contribution in [0.2, 0.25) is 0 Å². The first-order chi connectivity index (χ1) is 9.83. The summed E-state index contributed by atoms with van der Waals surface area (Å²) in [5.74, 6) is 0.932. The molecule has 0 amide bonds. The predicted octanol–water partition coefficient (Wildman–Crippen LogP) is 2.80. The van der Waals surface area contributed by atoms with Gasteiger partial charge in [0.15, 0.2) is 0 Å². The molecule has 3 fully saturated rings. The number of nitrogens with zero attached hydrogens (tertiary/aromatic N) is 1. The van der Waals surface area contributed by atoms with E-state index in [0.29, 0.717) is 12.1 Å². The monoisotopic (exact) mass is 280 g/mol. The lowest BCUT2D eigenvalue weighted by molar-refractivity contribution is 0.0642. The fraction of sp³-hybridized carbons (Fsp3) is 1.00. The van der Waals surface area contributed by atoms with Gasteiger partial charge in [0.2, 0.25) is 0 Å². The van der Waals surface area contributed by atoms with E-state index < -0.39 is 0 Å². The van der Waals surface area contributed by atoms with Crippen molar-refractivity contribution in [3.63, 3.8) is 0 Å². The van der Waals surface area contributed by atoms with E-state index in [1.165, 1.54) is 71.0 Å². The maximum atomic E-state index is 5.78. The van der Waals surface area contributed by atoms with Gasteiger partial charge < -0.3 is 10.1 Å². The molecule has 1 aliphatic carbocycles. The number of nitrogens with one attached hydrogen (secondary N) is 1. The molecular formula is C17H32N2O. The average molecular weight is 280 g/mol. The molecule has 3 rings (SSSR count). The summed E-state index contributed by atoms with van der Waals surface area (Å²) in [6.07, 6.45) is 11.6. The standard InChI is InChI=1S/C17H32N2O/c1-14-12-18-17(15-6-3-2-4-7-15)13-19(14)10-9-16-8-5-11-20-16/h14-18H,2-13H2,1H3. The van der Waals surface area contributed by atoms with Gasteiger partial charge in [0.05, 0.1) is 6.10 Å². The third-order valence-electron chi connectivity index (χ3n) is 5.71. The van der Waals surface area contributed by atoms with Gasteiger partial charge in [0, 0.05) is 38.3 Å². The molecule has 1 saturated carbocycles. The number of ether oxygens (including phenoxy) is 1. The molecule has 0 aromatic rings. The van der Waals surface area contributed by atoms with Crippen LogP contribution in [-0.2, 0) is 4.74 Å². The number of hydrogen-bond acceptors (Lipinski definition) is 3. The van der Waals surface area contributed by atoms with Crippen LogP contribution >= 0.6 is 0 Å². The maximum absolute atomic E-state index is 5.78. The molecule has 2 aliphatic heterocycles. The molecule has 3 aliphatic rings. The summed E-state index contributed by atoms with van der Waals surface area (Å²) in [5, 5.41) is 3.82. The minimum Gasteiger partial charge on any atom is -0.378 e. The van der Waals surface area contributed by atoms with Crippen molar-refractivity contribution >= 4 is 0 Å². The van der Waals surface area contributed by atoms with Gasteiger partial charge in [0.1, 0.15) is 0 Å². The molecular weight excluding hydrogens is 248 g/mol. The third-order valence-corrected chi connectivity index (χ3v) is 5.71. The predicted molar refractivity (Wildman–Crippen MR) is 83.0 cm³/mol. The van der Waals surface area contributed by atoms with Crippen LogP contribution < -0.4 is 5.32 Å². The highest BCUT2D eigenvalue weighted by molar-refractivity contribution is 4.89. The first kappa shape index (κ1) is 14.8. The molecule has 116 valence electrons. The molecule has 2 heterocycles. The molecule has 0 bridgehead atoms. The van der Waals surface area contributed by atoms with Crippen LogP contribution in [-0.4, -0.2) is 49.3 Å². The minimum absolute atomic E-state index is 0.546. The number of rotatable bonds is 4. The lowest BCUT2D eigenvalue weighted by Crippen LogP contribution is -2.58. The minimum atomic E-state index is 0.546. The van der Waals surface area contributed by atoms with E-state index in [9.17, 15) is 0 Å². The van der Waals surface area contributed by atoms with E-state index >= 15 is 0 Å². The molecule has 0 aromatic carbocycles. The van der Waals surface area contributed by atoms with Crippen molar-refractivity contribution in [3.8, 4) is 0 Å². The molecule has 20 heavy (non-hydrogen) atoms. The van der Waals surface area contributed by atoms with Crippen LogP contribution in [0.1, 0.15) is 58.3 Å². The smallest absolute Gasteiger partial charge is 0.0588 e. The van der Waals surface area contributed by atoms with Gasteiger partial charge in [-0.3, -0.25) is 4.90 Å². The zero-order chi connectivity index (χ0) is 13.8. The van der Waals surface area contributed by atoms with Crippen molar-refractivity contribution in [1.29, 1.82) is 0 Å². The molecule has 1 N–H and O–H groups in total. The summed E-state index contributed by atoms with van der Waals surface area (Å²) in [4.78, 5) is 2.72. The van der Waals surface area contributed by atoms with Crippen molar-refractivity contribution in [2.75, 3.05) is 26.2 Å². The van der Waals surface area contributed by atoms with Crippen LogP contribution in [0, 0.1) is 5.92 Å². The SMILES string of the molecule is CC1CNC(C2CCCCC2)CN1CCC1CCCO1. The molecule has 3 heteroatoms. The summed E-state index contributed by atoms with van der Waals surface area (Å²) >= 11 is 0. The molecule has 3 nitrogen and oxygen atoms in total. The second-order valence-corrected chi connectivity index (χ2v) is 7.18. The Balaban J connectivity index is 1.47. The zero-order valence-corrected chi connectivity index (χ0v) is 13.2. The molecule has 0 spiro atoms. The van der Waals surface area contributed by atoms with Gasteiger partial charge in [-0.25, -0.2) is 0 Å². The highest BCUT2D eigenvalue weighted by atomic mass is 16.5. The van der Waals surface area contributed by atoms with Crippen LogP contribution in [0.5, 0.6) is 0 Å². The maximum Gasteiger partial charge on any atom is 0.0588 e. The molecule has 3 atom stereocenters. The number of hydrogen-bond donors (Lipinski definition) is 1. The summed E-state index contributed by atoms with van der Waals surface area (Å²) in [7, 11) is 0. The van der Waals surface area contributed by atoms with Crippen molar-refractivity contribution in [2.45, 2.75) is 76.5 Å². The van der Waals surface area contributed by atoms with E-state index in [1.54, 1.807) is 0 Å².